The van der Waals surface area contributed by atoms with E-state index < -0.39 is 0 Å². The van der Waals surface area contributed by atoms with Crippen molar-refractivity contribution in [2.75, 3.05) is 13.2 Å². The molecule has 0 heterocycles. The average molecular weight is 230 g/mol. The van der Waals surface area contributed by atoms with Crippen molar-refractivity contribution in [1.82, 2.24) is 5.32 Å². The van der Waals surface area contributed by atoms with Crippen molar-refractivity contribution in [1.29, 1.82) is 5.26 Å². The van der Waals surface area contributed by atoms with E-state index in [0.717, 1.165) is 5.57 Å². The van der Waals surface area contributed by atoms with Crippen LogP contribution in [0.5, 0.6) is 5.75 Å². The van der Waals surface area contributed by atoms with Crippen molar-refractivity contribution in [2.45, 2.75) is 6.92 Å². The van der Waals surface area contributed by atoms with Gasteiger partial charge in [0, 0.05) is 6.54 Å². The summed E-state index contributed by atoms with van der Waals surface area (Å²) in [6.07, 6.45) is 0. The third kappa shape index (κ3) is 4.39. The molecule has 0 aliphatic rings. The SMILES string of the molecule is C=C(C)CNC(=O)COc1ccccc1C#N. The lowest BCUT2D eigenvalue weighted by atomic mass is 10.2. The zero-order valence-electron chi connectivity index (χ0n) is 9.69. The summed E-state index contributed by atoms with van der Waals surface area (Å²) in [5.41, 5.74) is 1.29. The summed E-state index contributed by atoms with van der Waals surface area (Å²) < 4.78 is 5.26. The van der Waals surface area contributed by atoms with Crippen LogP contribution in [-0.4, -0.2) is 19.1 Å². The van der Waals surface area contributed by atoms with Gasteiger partial charge in [0.1, 0.15) is 11.8 Å². The molecule has 1 rings (SSSR count). The number of ether oxygens (including phenoxy) is 1. The van der Waals surface area contributed by atoms with Crippen molar-refractivity contribution in [3.63, 3.8) is 0 Å². The number of hydrogen-bond acceptors (Lipinski definition) is 3. The maximum absolute atomic E-state index is 11.4. The van der Waals surface area contributed by atoms with Crippen LogP contribution in [0.3, 0.4) is 0 Å². The van der Waals surface area contributed by atoms with Crippen molar-refractivity contribution in [3.05, 3.63) is 42.0 Å². The van der Waals surface area contributed by atoms with Crippen molar-refractivity contribution in [3.8, 4) is 11.8 Å². The number of nitrogens with one attached hydrogen (secondary N) is 1. The molecule has 0 saturated carbocycles. The fraction of sp³-hybridized carbons (Fsp3) is 0.231. The van der Waals surface area contributed by atoms with Crippen molar-refractivity contribution in [2.24, 2.45) is 0 Å². The van der Waals surface area contributed by atoms with Gasteiger partial charge in [-0.05, 0) is 19.1 Å². The Kier molecular flexibility index (Phi) is 4.77. The van der Waals surface area contributed by atoms with Crippen LogP contribution in [0.4, 0.5) is 0 Å². The van der Waals surface area contributed by atoms with E-state index in [1.165, 1.54) is 0 Å². The predicted molar refractivity (Wildman–Crippen MR) is 64.5 cm³/mol. The van der Waals surface area contributed by atoms with Crippen LogP contribution in [0, 0.1) is 11.3 Å². The molecule has 0 aliphatic carbocycles. The van der Waals surface area contributed by atoms with Crippen LogP contribution in [0.25, 0.3) is 0 Å². The van der Waals surface area contributed by atoms with Gasteiger partial charge in [-0.1, -0.05) is 24.3 Å². The molecule has 88 valence electrons. The summed E-state index contributed by atoms with van der Waals surface area (Å²) in [5.74, 6) is 0.182. The Hall–Kier alpha value is -2.28. The molecule has 0 aliphatic heterocycles. The largest absolute Gasteiger partial charge is 0.482 e. The smallest absolute Gasteiger partial charge is 0.258 e. The van der Waals surface area contributed by atoms with E-state index in [1.54, 1.807) is 24.3 Å². The molecular formula is C13H14N2O2. The zero-order chi connectivity index (χ0) is 12.7. The molecule has 17 heavy (non-hydrogen) atoms. The molecule has 0 unspecified atom stereocenters. The third-order valence-electron chi connectivity index (χ3n) is 1.95. The fourth-order valence-corrected chi connectivity index (χ4v) is 1.13. The number of para-hydroxylation sites is 1. The number of rotatable bonds is 5. The van der Waals surface area contributed by atoms with Crippen LogP contribution in [-0.2, 0) is 4.79 Å². The third-order valence-corrected chi connectivity index (χ3v) is 1.95. The summed E-state index contributed by atoms with van der Waals surface area (Å²) in [7, 11) is 0. The van der Waals surface area contributed by atoms with E-state index in [2.05, 4.69) is 11.9 Å². The predicted octanol–water partition coefficient (Wildman–Crippen LogP) is 1.63. The minimum atomic E-state index is -0.235. The fourth-order valence-electron chi connectivity index (χ4n) is 1.13. The number of hydrogen-bond donors (Lipinski definition) is 1. The second-order valence-electron chi connectivity index (χ2n) is 3.63. The molecule has 0 fully saturated rings. The first-order valence-electron chi connectivity index (χ1n) is 5.16. The molecule has 0 spiro atoms. The number of amides is 1. The van der Waals surface area contributed by atoms with Crippen LogP contribution >= 0.6 is 0 Å². The van der Waals surface area contributed by atoms with Crippen molar-refractivity contribution >= 4 is 5.91 Å². The summed E-state index contributed by atoms with van der Waals surface area (Å²) in [5, 5.41) is 11.5. The van der Waals surface area contributed by atoms with Gasteiger partial charge in [-0.2, -0.15) is 5.26 Å². The highest BCUT2D eigenvalue weighted by atomic mass is 16.5. The number of carbonyl (C=O) groups is 1. The average Bonchev–Trinajstić information content (AvgIpc) is 2.34. The molecule has 4 heteroatoms. The van der Waals surface area contributed by atoms with Gasteiger partial charge in [-0.25, -0.2) is 0 Å². The van der Waals surface area contributed by atoms with Crippen molar-refractivity contribution < 1.29 is 9.53 Å². The molecule has 1 aromatic rings. The summed E-state index contributed by atoms with van der Waals surface area (Å²) >= 11 is 0. The van der Waals surface area contributed by atoms with E-state index in [9.17, 15) is 4.79 Å². The van der Waals surface area contributed by atoms with Gasteiger partial charge in [-0.3, -0.25) is 4.79 Å². The van der Waals surface area contributed by atoms with Gasteiger partial charge in [0.15, 0.2) is 6.61 Å². The molecule has 0 bridgehead atoms. The monoisotopic (exact) mass is 230 g/mol. The molecular weight excluding hydrogens is 216 g/mol. The highest BCUT2D eigenvalue weighted by Gasteiger charge is 2.05. The minimum Gasteiger partial charge on any atom is -0.482 e. The van der Waals surface area contributed by atoms with Crippen LogP contribution in [0.2, 0.25) is 0 Å². The maximum atomic E-state index is 11.4. The Morgan fingerprint density at radius 3 is 2.88 bits per heavy atom. The van der Waals surface area contributed by atoms with Gasteiger partial charge in [0.25, 0.3) is 5.91 Å². The van der Waals surface area contributed by atoms with E-state index in [1.807, 2.05) is 13.0 Å². The van der Waals surface area contributed by atoms with Crippen LogP contribution < -0.4 is 10.1 Å². The van der Waals surface area contributed by atoms with Crippen LogP contribution in [0.15, 0.2) is 36.4 Å². The Morgan fingerprint density at radius 2 is 2.24 bits per heavy atom. The van der Waals surface area contributed by atoms with E-state index in [4.69, 9.17) is 10.00 Å². The second kappa shape index (κ2) is 6.33. The summed E-state index contributed by atoms with van der Waals surface area (Å²) in [6.45, 7) is 5.83. The Morgan fingerprint density at radius 1 is 1.53 bits per heavy atom. The van der Waals surface area contributed by atoms with E-state index >= 15 is 0 Å². The number of nitrogens with zero attached hydrogens (tertiary/aromatic N) is 1. The highest BCUT2D eigenvalue weighted by Crippen LogP contribution is 2.15. The van der Waals surface area contributed by atoms with Gasteiger partial charge in [0.2, 0.25) is 0 Å². The minimum absolute atomic E-state index is 0.105. The zero-order valence-corrected chi connectivity index (χ0v) is 9.69. The van der Waals surface area contributed by atoms with Gasteiger partial charge in [0.05, 0.1) is 5.56 Å². The first-order valence-corrected chi connectivity index (χ1v) is 5.16. The number of benzene rings is 1. The van der Waals surface area contributed by atoms with E-state index in [0.29, 0.717) is 17.9 Å². The molecule has 0 radical (unpaired) electrons. The molecule has 0 atom stereocenters. The lowest BCUT2D eigenvalue weighted by Crippen LogP contribution is -2.30. The number of carbonyl (C=O) groups excluding carboxylic acids is 1. The molecule has 0 saturated heterocycles. The topological polar surface area (TPSA) is 62.1 Å². The maximum Gasteiger partial charge on any atom is 0.258 e. The Labute approximate surface area is 101 Å². The molecule has 1 amide bonds. The standard InChI is InChI=1S/C13H14N2O2/c1-10(2)8-15-13(16)9-17-12-6-4-3-5-11(12)7-14/h3-6H,1,8-9H2,2H3,(H,15,16). The normalized spacial score (nSPS) is 9.18. The first kappa shape index (κ1) is 12.8. The van der Waals surface area contributed by atoms with Crippen LogP contribution in [0.1, 0.15) is 12.5 Å². The first-order chi connectivity index (χ1) is 8.13. The second-order valence-corrected chi connectivity index (χ2v) is 3.63. The molecule has 4 nitrogen and oxygen atoms in total. The molecule has 1 N–H and O–H groups in total. The quantitative estimate of drug-likeness (QED) is 0.782. The van der Waals surface area contributed by atoms with Gasteiger partial charge in [-0.15, -0.1) is 0 Å². The Balaban J connectivity index is 2.48. The van der Waals surface area contributed by atoms with E-state index in [-0.39, 0.29) is 12.5 Å². The molecule has 0 aromatic heterocycles. The van der Waals surface area contributed by atoms with Gasteiger partial charge < -0.3 is 10.1 Å². The summed E-state index contributed by atoms with van der Waals surface area (Å²) in [6, 6.07) is 8.79. The van der Waals surface area contributed by atoms with Gasteiger partial charge >= 0.3 is 0 Å². The Bertz CT molecular complexity index is 461. The highest BCUT2D eigenvalue weighted by molar-refractivity contribution is 5.77. The summed E-state index contributed by atoms with van der Waals surface area (Å²) in [4.78, 5) is 11.4. The molecule has 1 aromatic carbocycles. The lowest BCUT2D eigenvalue weighted by Gasteiger charge is -2.08. The number of nitriles is 1. The lowest BCUT2D eigenvalue weighted by molar-refractivity contribution is -0.122.